The summed E-state index contributed by atoms with van der Waals surface area (Å²) in [6.07, 6.45) is 65.6. The summed E-state index contributed by atoms with van der Waals surface area (Å²) in [5, 5.41) is 0. The molecule has 0 unspecified atom stereocenters. The lowest BCUT2D eigenvalue weighted by Crippen LogP contribution is -2.08. The number of unbranched alkanes of at least 4 members (excludes halogenated alkanes) is 42. The van der Waals surface area contributed by atoms with Crippen molar-refractivity contribution in [2.45, 2.75) is 316 Å². The van der Waals surface area contributed by atoms with Crippen LogP contribution in [0.15, 0.2) is 0 Å². The highest BCUT2D eigenvalue weighted by molar-refractivity contribution is 4.99. The number of aromatic nitrogens is 3. The van der Waals surface area contributed by atoms with Crippen LogP contribution in [0, 0.1) is 6.92 Å². The highest BCUT2D eigenvalue weighted by atomic mass is 15.0. The molecule has 3 heteroatoms. The van der Waals surface area contributed by atoms with Gasteiger partial charge in [0.05, 0.1) is 0 Å². The van der Waals surface area contributed by atoms with Crippen LogP contribution >= 0.6 is 0 Å². The topological polar surface area (TPSA) is 38.7 Å². The van der Waals surface area contributed by atoms with Crippen LogP contribution in [0.5, 0.6) is 0 Å². The van der Waals surface area contributed by atoms with Gasteiger partial charge in [0, 0.05) is 19.3 Å². The summed E-state index contributed by atoms with van der Waals surface area (Å²) in [6, 6.07) is 0. The largest absolute Gasteiger partial charge is 0.218 e. The van der Waals surface area contributed by atoms with Crippen LogP contribution in [-0.2, 0) is 19.3 Å². The number of aryl methyl sites for hydroxylation is 2. The maximum atomic E-state index is 4.88. The SMILES string of the molecule is [CH2]Cc1nc(CCCCCCCCCCCCCCCCCCCCCCCC)nc(CCCCCCCCCCCCCCCCCCCCCCCC)n1. The van der Waals surface area contributed by atoms with Gasteiger partial charge in [0.1, 0.15) is 17.5 Å². The van der Waals surface area contributed by atoms with Crippen molar-refractivity contribution in [2.75, 3.05) is 0 Å². The van der Waals surface area contributed by atoms with E-state index in [9.17, 15) is 0 Å². The Kier molecular flexibility index (Phi) is 42.7. The number of hydrogen-bond donors (Lipinski definition) is 0. The van der Waals surface area contributed by atoms with Gasteiger partial charge in [-0.1, -0.05) is 284 Å². The van der Waals surface area contributed by atoms with Crippen LogP contribution in [0.3, 0.4) is 0 Å². The van der Waals surface area contributed by atoms with Gasteiger partial charge < -0.3 is 0 Å². The summed E-state index contributed by atoms with van der Waals surface area (Å²) in [7, 11) is 0. The summed E-state index contributed by atoms with van der Waals surface area (Å²) in [4.78, 5) is 14.3. The third-order valence-corrected chi connectivity index (χ3v) is 12.5. The van der Waals surface area contributed by atoms with Crippen molar-refractivity contribution in [2.24, 2.45) is 0 Å². The molecule has 0 aromatic carbocycles. The molecule has 0 aliphatic rings. The first-order chi connectivity index (χ1) is 27.8. The van der Waals surface area contributed by atoms with Gasteiger partial charge >= 0.3 is 0 Å². The smallest absolute Gasteiger partial charge is 0.132 e. The fraction of sp³-hybridized carbons (Fsp3) is 0.925. The van der Waals surface area contributed by atoms with Crippen LogP contribution in [0.4, 0.5) is 0 Å². The van der Waals surface area contributed by atoms with E-state index in [1.54, 1.807) is 0 Å². The standard InChI is InChI=1S/C53H102N3/c1-4-7-9-11-13-15-17-19-21-23-25-27-29-31-33-35-37-39-41-43-45-47-49-52-54-51(6-3)55-53(56-52)50-48-46-44-42-40-38-36-34-32-30-28-26-24-22-20-18-16-14-12-10-8-5-2/h3-50H2,1-2H3. The van der Waals surface area contributed by atoms with Crippen molar-refractivity contribution in [1.29, 1.82) is 0 Å². The molecule has 0 amide bonds. The molecule has 0 atom stereocenters. The van der Waals surface area contributed by atoms with Gasteiger partial charge in [-0.25, -0.2) is 15.0 Å². The summed E-state index contributed by atoms with van der Waals surface area (Å²) in [5.74, 6) is 2.92. The minimum Gasteiger partial charge on any atom is -0.218 e. The van der Waals surface area contributed by atoms with Gasteiger partial charge in [0.2, 0.25) is 0 Å². The second-order valence-corrected chi connectivity index (χ2v) is 18.2. The van der Waals surface area contributed by atoms with Crippen LogP contribution in [0.2, 0.25) is 0 Å². The average molecular weight is 781 g/mol. The summed E-state index contributed by atoms with van der Waals surface area (Å²) in [6.45, 7) is 8.68. The molecule has 0 saturated heterocycles. The van der Waals surface area contributed by atoms with E-state index in [0.29, 0.717) is 6.42 Å². The predicted molar refractivity (Wildman–Crippen MR) is 251 cm³/mol. The Morgan fingerprint density at radius 1 is 0.232 bits per heavy atom. The first-order valence-electron chi connectivity index (χ1n) is 26.3. The monoisotopic (exact) mass is 781 g/mol. The fourth-order valence-electron chi connectivity index (χ4n) is 8.64. The zero-order chi connectivity index (χ0) is 40.1. The Hall–Kier alpha value is -0.990. The molecule has 0 spiro atoms. The molecule has 56 heavy (non-hydrogen) atoms. The van der Waals surface area contributed by atoms with Crippen molar-refractivity contribution in [3.8, 4) is 0 Å². The third-order valence-electron chi connectivity index (χ3n) is 12.5. The van der Waals surface area contributed by atoms with Gasteiger partial charge in [-0.15, -0.1) is 0 Å². The van der Waals surface area contributed by atoms with Crippen molar-refractivity contribution < 1.29 is 0 Å². The number of hydrogen-bond acceptors (Lipinski definition) is 3. The first-order valence-corrected chi connectivity index (χ1v) is 26.3. The molecule has 0 bridgehead atoms. The number of rotatable bonds is 47. The summed E-state index contributed by atoms with van der Waals surface area (Å²) < 4.78 is 0. The van der Waals surface area contributed by atoms with Crippen molar-refractivity contribution >= 4 is 0 Å². The fourth-order valence-corrected chi connectivity index (χ4v) is 8.64. The van der Waals surface area contributed by atoms with E-state index in [4.69, 9.17) is 15.0 Å². The zero-order valence-corrected chi connectivity index (χ0v) is 38.8. The van der Waals surface area contributed by atoms with Crippen LogP contribution in [0.1, 0.15) is 314 Å². The van der Waals surface area contributed by atoms with E-state index >= 15 is 0 Å². The molecule has 0 fully saturated rings. The van der Waals surface area contributed by atoms with E-state index in [1.807, 2.05) is 0 Å². The highest BCUT2D eigenvalue weighted by Crippen LogP contribution is 2.18. The van der Waals surface area contributed by atoms with E-state index in [0.717, 1.165) is 30.3 Å². The van der Waals surface area contributed by atoms with Crippen molar-refractivity contribution in [3.05, 3.63) is 24.4 Å². The molecular weight excluding hydrogens is 679 g/mol. The molecule has 1 aromatic rings. The molecule has 1 heterocycles. The third kappa shape index (κ3) is 38.5. The number of nitrogens with zero attached hydrogens (tertiary/aromatic N) is 3. The molecule has 1 radical (unpaired) electrons. The molecule has 329 valence electrons. The molecule has 0 aliphatic carbocycles. The van der Waals surface area contributed by atoms with E-state index in [-0.39, 0.29) is 0 Å². The minimum absolute atomic E-state index is 0.668. The maximum Gasteiger partial charge on any atom is 0.132 e. The van der Waals surface area contributed by atoms with Crippen LogP contribution in [-0.4, -0.2) is 15.0 Å². The molecule has 0 saturated carbocycles. The Morgan fingerprint density at radius 2 is 0.393 bits per heavy atom. The summed E-state index contributed by atoms with van der Waals surface area (Å²) in [5.41, 5.74) is 0. The molecule has 0 N–H and O–H groups in total. The second-order valence-electron chi connectivity index (χ2n) is 18.2. The van der Waals surface area contributed by atoms with Gasteiger partial charge in [0.15, 0.2) is 0 Å². The molecule has 0 aliphatic heterocycles. The summed E-state index contributed by atoms with van der Waals surface area (Å²) >= 11 is 0. The molecule has 3 nitrogen and oxygen atoms in total. The van der Waals surface area contributed by atoms with Crippen LogP contribution in [0.25, 0.3) is 0 Å². The maximum absolute atomic E-state index is 4.88. The van der Waals surface area contributed by atoms with E-state index < -0.39 is 0 Å². The Bertz CT molecular complexity index is 817. The van der Waals surface area contributed by atoms with E-state index in [2.05, 4.69) is 20.8 Å². The van der Waals surface area contributed by atoms with E-state index in [1.165, 1.54) is 283 Å². The Morgan fingerprint density at radius 3 is 0.571 bits per heavy atom. The van der Waals surface area contributed by atoms with Crippen molar-refractivity contribution in [1.82, 2.24) is 15.0 Å². The highest BCUT2D eigenvalue weighted by Gasteiger charge is 2.06. The normalized spacial score (nSPS) is 11.6. The van der Waals surface area contributed by atoms with Gasteiger partial charge in [0.25, 0.3) is 0 Å². The Labute approximate surface area is 353 Å². The Balaban J connectivity index is 1.87. The lowest BCUT2D eigenvalue weighted by Gasteiger charge is -2.07. The van der Waals surface area contributed by atoms with Gasteiger partial charge in [-0.3, -0.25) is 0 Å². The molecular formula is C53H102N3. The average Bonchev–Trinajstić information content (AvgIpc) is 3.21. The zero-order valence-electron chi connectivity index (χ0n) is 38.8. The lowest BCUT2D eigenvalue weighted by atomic mass is 10.0. The molecule has 1 aromatic heterocycles. The molecule has 1 rings (SSSR count). The second kappa shape index (κ2) is 45.1. The van der Waals surface area contributed by atoms with Gasteiger partial charge in [-0.05, 0) is 19.8 Å². The first kappa shape index (κ1) is 53.0. The lowest BCUT2D eigenvalue weighted by molar-refractivity contribution is 0.518. The van der Waals surface area contributed by atoms with Crippen molar-refractivity contribution in [3.63, 3.8) is 0 Å². The van der Waals surface area contributed by atoms with Crippen LogP contribution < -0.4 is 0 Å². The predicted octanol–water partition coefficient (Wildman–Crippen LogP) is 18.5. The quantitative estimate of drug-likeness (QED) is 0.0618. The minimum atomic E-state index is 0.668. The van der Waals surface area contributed by atoms with Gasteiger partial charge in [-0.2, -0.15) is 0 Å².